The van der Waals surface area contributed by atoms with Crippen LogP contribution in [0.2, 0.25) is 10.0 Å². The summed E-state index contributed by atoms with van der Waals surface area (Å²) >= 11 is 10.8. The Morgan fingerprint density at radius 1 is 0.615 bits per heavy atom. The van der Waals surface area contributed by atoms with Crippen LogP contribution in [0.5, 0.6) is 0 Å². The van der Waals surface area contributed by atoms with Gasteiger partial charge in [-0.1, -0.05) is 0 Å². The Hall–Kier alpha value is -2.77. The molecule has 262 valence electrons. The fraction of sp³-hybridized carbons (Fsp3) is 0.213. The van der Waals surface area contributed by atoms with Gasteiger partial charge in [-0.2, -0.15) is 0 Å². The summed E-state index contributed by atoms with van der Waals surface area (Å²) in [6.45, 7) is 14.2. The van der Waals surface area contributed by atoms with Crippen LogP contribution in [0.4, 0.5) is 0 Å². The zero-order valence-electron chi connectivity index (χ0n) is 30.5. The molecule has 0 amide bonds. The molecule has 52 heavy (non-hydrogen) atoms. The minimum absolute atomic E-state index is 0. The molecule has 0 nitrogen and oxygen atoms in total. The van der Waals surface area contributed by atoms with Gasteiger partial charge in [0.15, 0.2) is 0 Å². The maximum Gasteiger partial charge on any atom is -1.00 e. The quantitative estimate of drug-likeness (QED) is 0.183. The first-order valence-corrected chi connectivity index (χ1v) is 22.1. The summed E-state index contributed by atoms with van der Waals surface area (Å²) in [7, 11) is 0. The molecular weight excluding hydrogens is 798 g/mol. The SMILES string of the molecule is CC(C)(C)c1ccc2c(c1)Cc1c-2ccc(C(C)(C)C)[c]1[Zr+2]([C]1=CC=CC1)=[C](c1cccc2c(Cl)cccc12)c1cccc2c(Cl)cccc12.[Cl-].[Cl-]. The van der Waals surface area contributed by atoms with Gasteiger partial charge < -0.3 is 24.8 Å². The van der Waals surface area contributed by atoms with E-state index in [4.69, 9.17) is 23.2 Å². The molecule has 2 aliphatic rings. The molecule has 0 aliphatic heterocycles. The van der Waals surface area contributed by atoms with Crippen molar-refractivity contribution >= 4 is 51.2 Å². The van der Waals surface area contributed by atoms with Crippen molar-refractivity contribution in [1.82, 2.24) is 0 Å². The van der Waals surface area contributed by atoms with E-state index in [2.05, 4.69) is 151 Å². The van der Waals surface area contributed by atoms with Gasteiger partial charge in [-0.15, -0.1) is 0 Å². The average Bonchev–Trinajstić information content (AvgIpc) is 3.75. The zero-order chi connectivity index (χ0) is 34.9. The maximum atomic E-state index is 6.95. The molecule has 0 heterocycles. The molecule has 0 bridgehead atoms. The Morgan fingerprint density at radius 2 is 1.17 bits per heavy atom. The third-order valence-corrected chi connectivity index (χ3v) is 19.0. The monoisotopic (exact) mass is 836 g/mol. The minimum atomic E-state index is -3.10. The largest absolute Gasteiger partial charge is 1.00 e. The zero-order valence-corrected chi connectivity index (χ0v) is 36.0. The average molecular weight is 840 g/mol. The predicted octanol–water partition coefficient (Wildman–Crippen LogP) is 6.83. The molecule has 8 rings (SSSR count). The first kappa shape index (κ1) is 38.9. The Bertz CT molecular complexity index is 2380. The van der Waals surface area contributed by atoms with E-state index in [1.807, 2.05) is 12.1 Å². The fourth-order valence-corrected chi connectivity index (χ4v) is 17.7. The Morgan fingerprint density at radius 3 is 1.71 bits per heavy atom. The third-order valence-electron chi connectivity index (χ3n) is 10.6. The summed E-state index contributed by atoms with van der Waals surface area (Å²) in [6, 6.07) is 38.4. The van der Waals surface area contributed by atoms with Gasteiger partial charge in [0, 0.05) is 0 Å². The number of hydrogen-bond acceptors (Lipinski definition) is 0. The molecule has 6 aromatic rings. The second kappa shape index (κ2) is 14.8. The van der Waals surface area contributed by atoms with Crippen LogP contribution in [0.25, 0.3) is 32.7 Å². The standard InChI is InChI=1S/C21H12Cl2.C21H25.C5H5.2ClH.Zr/c22-20-11-3-7-16-14(5-1-9-18(16)20)13-15-6-2-10-19-17(15)8-4-12-21(19)23;1-20(2,3)16-7-9-18-14(12-16)11-15-13-17(21(4,5)6)8-10-19(15)18;1-2-4-5-3-1;;;/h1-12H;7-10,12H,11H2,1-6H3;1-3H,4H2;2*1H;/q;;;;;+2/p-2. The van der Waals surface area contributed by atoms with E-state index in [9.17, 15) is 0 Å². The van der Waals surface area contributed by atoms with Crippen molar-refractivity contribution in [2.75, 3.05) is 0 Å². The van der Waals surface area contributed by atoms with Crippen molar-refractivity contribution in [2.45, 2.75) is 65.2 Å². The molecular formula is C47H42Cl4Zr. The summed E-state index contributed by atoms with van der Waals surface area (Å²) in [5, 5.41) is 6.19. The van der Waals surface area contributed by atoms with Gasteiger partial charge in [0.1, 0.15) is 0 Å². The Kier molecular flexibility index (Phi) is 11.1. The van der Waals surface area contributed by atoms with Gasteiger partial charge in [-0.25, -0.2) is 0 Å². The van der Waals surface area contributed by atoms with Crippen molar-refractivity contribution in [3.05, 3.63) is 168 Å². The van der Waals surface area contributed by atoms with Crippen LogP contribution in [0.1, 0.15) is 81.3 Å². The van der Waals surface area contributed by atoms with Crippen LogP contribution in [0.15, 0.2) is 125 Å². The van der Waals surface area contributed by atoms with Gasteiger partial charge in [0.25, 0.3) is 0 Å². The molecule has 0 atom stereocenters. The number of benzene rings is 6. The molecule has 0 saturated heterocycles. The first-order chi connectivity index (χ1) is 23.9. The van der Waals surface area contributed by atoms with Gasteiger partial charge in [0.2, 0.25) is 0 Å². The van der Waals surface area contributed by atoms with E-state index < -0.39 is 21.3 Å². The summed E-state index contributed by atoms with van der Waals surface area (Å²) in [4.78, 5) is 0. The number of fused-ring (bicyclic) bond motifs is 5. The molecule has 0 N–H and O–H groups in total. The first-order valence-electron chi connectivity index (χ1n) is 17.7. The van der Waals surface area contributed by atoms with E-state index >= 15 is 0 Å². The Labute approximate surface area is 338 Å². The van der Waals surface area contributed by atoms with Gasteiger partial charge >= 0.3 is 317 Å². The van der Waals surface area contributed by atoms with E-state index in [0.29, 0.717) is 0 Å². The topological polar surface area (TPSA) is 0 Å². The van der Waals surface area contributed by atoms with Crippen molar-refractivity contribution in [3.63, 3.8) is 0 Å². The second-order valence-electron chi connectivity index (χ2n) is 15.9. The molecule has 0 radical (unpaired) electrons. The molecule has 2 aliphatic carbocycles. The van der Waals surface area contributed by atoms with E-state index in [0.717, 1.165) is 33.7 Å². The van der Waals surface area contributed by atoms with Gasteiger partial charge in [-0.3, -0.25) is 0 Å². The molecule has 0 aromatic heterocycles. The predicted molar refractivity (Wildman–Crippen MR) is 215 cm³/mol. The molecule has 5 heteroatoms. The van der Waals surface area contributed by atoms with Crippen LogP contribution in [-0.4, -0.2) is 3.21 Å². The minimum Gasteiger partial charge on any atom is -1.00 e. The molecule has 0 saturated carbocycles. The summed E-state index contributed by atoms with van der Waals surface area (Å²) < 4.78 is 4.73. The normalized spacial score (nSPS) is 13.2. The molecule has 0 unspecified atom stereocenters. The molecule has 6 aromatic carbocycles. The van der Waals surface area contributed by atoms with Crippen molar-refractivity contribution in [2.24, 2.45) is 0 Å². The van der Waals surface area contributed by atoms with Crippen molar-refractivity contribution in [3.8, 4) is 11.1 Å². The van der Waals surface area contributed by atoms with Crippen LogP contribution in [0, 0.1) is 0 Å². The van der Waals surface area contributed by atoms with E-state index in [1.165, 1.54) is 58.5 Å². The fourth-order valence-electron chi connectivity index (χ4n) is 8.13. The molecule has 0 fully saturated rings. The van der Waals surface area contributed by atoms with Crippen LogP contribution in [0.3, 0.4) is 0 Å². The Balaban J connectivity index is 0.00000232. The summed E-state index contributed by atoms with van der Waals surface area (Å²) in [5.41, 5.74) is 11.3. The van der Waals surface area contributed by atoms with Crippen molar-refractivity contribution in [1.29, 1.82) is 0 Å². The van der Waals surface area contributed by atoms with Gasteiger partial charge in [0.05, 0.1) is 0 Å². The van der Waals surface area contributed by atoms with Crippen LogP contribution >= 0.6 is 23.2 Å². The van der Waals surface area contributed by atoms with Crippen molar-refractivity contribution < 1.29 is 46.1 Å². The van der Waals surface area contributed by atoms with Crippen LogP contribution in [-0.2, 0) is 38.5 Å². The van der Waals surface area contributed by atoms with Gasteiger partial charge in [-0.05, 0) is 0 Å². The summed E-state index contributed by atoms with van der Waals surface area (Å²) in [6.07, 6.45) is 9.06. The van der Waals surface area contributed by atoms with Crippen LogP contribution < -0.4 is 28.1 Å². The number of rotatable bonds is 4. The maximum absolute atomic E-state index is 6.95. The third kappa shape index (κ3) is 6.76. The number of allylic oxidation sites excluding steroid dienone is 4. The number of hydrogen-bond donors (Lipinski definition) is 0. The van der Waals surface area contributed by atoms with E-state index in [1.54, 1.807) is 6.55 Å². The second-order valence-corrected chi connectivity index (χ2v) is 22.6. The summed E-state index contributed by atoms with van der Waals surface area (Å²) in [5.74, 6) is 0. The smallest absolute Gasteiger partial charge is 1.00 e. The number of halogens is 4. The molecule has 0 spiro atoms. The van der Waals surface area contributed by atoms with E-state index in [-0.39, 0.29) is 35.6 Å².